The SMILES string of the molecule is O=C(Cc1cc(F)cc(F)c1)NC1CC([C@@H]2CC[C@H](OC(=O)NCC3CC(O)C3)C2)NN1. The predicted molar refractivity (Wildman–Crippen MR) is 111 cm³/mol. The fourth-order valence-electron chi connectivity index (χ4n) is 4.86. The van der Waals surface area contributed by atoms with Crippen LogP contribution in [-0.2, 0) is 16.0 Å². The Morgan fingerprint density at radius 2 is 1.81 bits per heavy atom. The van der Waals surface area contributed by atoms with Crippen molar-refractivity contribution in [2.45, 2.75) is 69.4 Å². The van der Waals surface area contributed by atoms with Crippen LogP contribution < -0.4 is 21.5 Å². The molecular formula is C22H30F2N4O4. The number of benzene rings is 1. The average molecular weight is 453 g/mol. The highest BCUT2D eigenvalue weighted by atomic mass is 19.1. The van der Waals surface area contributed by atoms with Gasteiger partial charge in [-0.15, -0.1) is 0 Å². The lowest BCUT2D eigenvalue weighted by atomic mass is 9.82. The minimum Gasteiger partial charge on any atom is -0.446 e. The summed E-state index contributed by atoms with van der Waals surface area (Å²) in [6, 6.07) is 3.20. The first-order chi connectivity index (χ1) is 15.3. The number of ether oxygens (including phenoxy) is 1. The first-order valence-corrected chi connectivity index (χ1v) is 11.2. The molecule has 176 valence electrons. The van der Waals surface area contributed by atoms with E-state index in [0.717, 1.165) is 50.3 Å². The molecule has 4 rings (SSSR count). The van der Waals surface area contributed by atoms with Crippen molar-refractivity contribution in [2.75, 3.05) is 6.54 Å². The van der Waals surface area contributed by atoms with Gasteiger partial charge >= 0.3 is 6.09 Å². The fourth-order valence-corrected chi connectivity index (χ4v) is 4.86. The second-order valence-corrected chi connectivity index (χ2v) is 9.18. The number of amides is 2. The number of rotatable bonds is 7. The van der Waals surface area contributed by atoms with E-state index >= 15 is 0 Å². The first kappa shape index (κ1) is 22.9. The Morgan fingerprint density at radius 1 is 1.06 bits per heavy atom. The van der Waals surface area contributed by atoms with E-state index in [1.54, 1.807) is 0 Å². The third-order valence-electron chi connectivity index (χ3n) is 6.57. The number of carbonyl (C=O) groups is 2. The predicted octanol–water partition coefficient (Wildman–Crippen LogP) is 1.48. The summed E-state index contributed by atoms with van der Waals surface area (Å²) in [7, 11) is 0. The smallest absolute Gasteiger partial charge is 0.407 e. The van der Waals surface area contributed by atoms with Crippen molar-refractivity contribution in [2.24, 2.45) is 11.8 Å². The summed E-state index contributed by atoms with van der Waals surface area (Å²) in [5.41, 5.74) is 6.54. The van der Waals surface area contributed by atoms with E-state index in [2.05, 4.69) is 21.5 Å². The van der Waals surface area contributed by atoms with Crippen LogP contribution >= 0.6 is 0 Å². The molecule has 3 aliphatic rings. The summed E-state index contributed by atoms with van der Waals surface area (Å²) in [6.07, 6.45) is 3.40. The number of hydrogen-bond donors (Lipinski definition) is 5. The van der Waals surface area contributed by atoms with Gasteiger partial charge in [0.05, 0.1) is 18.7 Å². The molecule has 1 heterocycles. The minimum absolute atomic E-state index is 0.105. The number of aliphatic hydroxyl groups excluding tert-OH is 1. The molecule has 0 radical (unpaired) electrons. The maximum atomic E-state index is 13.3. The van der Waals surface area contributed by atoms with E-state index in [-0.39, 0.29) is 42.3 Å². The van der Waals surface area contributed by atoms with Crippen molar-refractivity contribution in [1.82, 2.24) is 21.5 Å². The van der Waals surface area contributed by atoms with Crippen LogP contribution in [0.2, 0.25) is 0 Å². The third kappa shape index (κ3) is 6.14. The quantitative estimate of drug-likeness (QED) is 0.429. The van der Waals surface area contributed by atoms with Crippen molar-refractivity contribution in [3.63, 3.8) is 0 Å². The largest absolute Gasteiger partial charge is 0.446 e. The lowest BCUT2D eigenvalue weighted by Crippen LogP contribution is -2.45. The molecule has 32 heavy (non-hydrogen) atoms. The van der Waals surface area contributed by atoms with Gasteiger partial charge in [0, 0.05) is 18.7 Å². The number of aliphatic hydroxyl groups is 1. The number of alkyl carbamates (subject to hydrolysis) is 1. The summed E-state index contributed by atoms with van der Waals surface area (Å²) >= 11 is 0. The lowest BCUT2D eigenvalue weighted by molar-refractivity contribution is -0.121. The molecule has 2 aliphatic carbocycles. The van der Waals surface area contributed by atoms with Crippen LogP contribution in [0.3, 0.4) is 0 Å². The lowest BCUT2D eigenvalue weighted by Gasteiger charge is -2.31. The summed E-state index contributed by atoms with van der Waals surface area (Å²) < 4.78 is 32.1. The number of hydrazine groups is 1. The van der Waals surface area contributed by atoms with E-state index in [1.165, 1.54) is 0 Å². The standard InChI is InChI=1S/C22H30F2N4O4/c23-15-3-12(4-16(24)9-15)7-21(30)26-20-10-19(27-28-20)14-1-2-18(8-14)32-22(31)25-11-13-5-17(29)6-13/h3-4,9,13-14,17-20,27-29H,1-2,5-8,10-11H2,(H,25,31)(H,26,30)/t13?,14-,17?,18+,19?,20?/m1/s1. The van der Waals surface area contributed by atoms with Gasteiger partial charge < -0.3 is 20.5 Å². The molecule has 2 unspecified atom stereocenters. The average Bonchev–Trinajstić information content (AvgIpc) is 3.32. The Balaban J connectivity index is 1.15. The van der Waals surface area contributed by atoms with Crippen molar-refractivity contribution < 1.29 is 28.2 Å². The molecule has 3 fully saturated rings. The fraction of sp³-hybridized carbons (Fsp3) is 0.636. The normalized spacial score (nSPS) is 31.7. The molecule has 1 aliphatic heterocycles. The zero-order valence-electron chi connectivity index (χ0n) is 17.8. The molecule has 0 spiro atoms. The van der Waals surface area contributed by atoms with Gasteiger partial charge in [-0.25, -0.2) is 19.0 Å². The van der Waals surface area contributed by atoms with Crippen LogP contribution in [0.4, 0.5) is 13.6 Å². The van der Waals surface area contributed by atoms with Gasteiger partial charge in [-0.2, -0.15) is 0 Å². The molecule has 0 aromatic heterocycles. The van der Waals surface area contributed by atoms with Crippen LogP contribution in [0.25, 0.3) is 0 Å². The molecule has 1 aromatic carbocycles. The molecular weight excluding hydrogens is 422 g/mol. The molecule has 2 saturated carbocycles. The van der Waals surface area contributed by atoms with Gasteiger partial charge in [0.25, 0.3) is 0 Å². The topological polar surface area (TPSA) is 112 Å². The molecule has 4 atom stereocenters. The Kier molecular flexibility index (Phi) is 7.22. The third-order valence-corrected chi connectivity index (χ3v) is 6.57. The maximum absolute atomic E-state index is 13.3. The van der Waals surface area contributed by atoms with Crippen LogP contribution in [0, 0.1) is 23.5 Å². The summed E-state index contributed by atoms with van der Waals surface area (Å²) in [5.74, 6) is -1.10. The van der Waals surface area contributed by atoms with Gasteiger partial charge in [0.15, 0.2) is 0 Å². The molecule has 1 saturated heterocycles. The Hall–Kier alpha value is -2.30. The second-order valence-electron chi connectivity index (χ2n) is 9.18. The van der Waals surface area contributed by atoms with E-state index in [9.17, 15) is 23.5 Å². The van der Waals surface area contributed by atoms with Gasteiger partial charge in [0.1, 0.15) is 17.7 Å². The van der Waals surface area contributed by atoms with E-state index < -0.39 is 17.7 Å². The molecule has 10 heteroatoms. The number of halogens is 2. The van der Waals surface area contributed by atoms with E-state index in [1.807, 2.05) is 0 Å². The zero-order chi connectivity index (χ0) is 22.7. The molecule has 0 bridgehead atoms. The molecule has 2 amide bonds. The minimum atomic E-state index is -0.706. The van der Waals surface area contributed by atoms with Crippen molar-refractivity contribution in [3.05, 3.63) is 35.4 Å². The van der Waals surface area contributed by atoms with E-state index in [4.69, 9.17) is 4.74 Å². The number of carbonyl (C=O) groups excluding carboxylic acids is 2. The monoisotopic (exact) mass is 452 g/mol. The highest BCUT2D eigenvalue weighted by Crippen LogP contribution is 2.33. The summed E-state index contributed by atoms with van der Waals surface area (Å²) in [5, 5.41) is 14.9. The molecule has 1 aromatic rings. The second kappa shape index (κ2) is 10.1. The van der Waals surface area contributed by atoms with E-state index in [0.29, 0.717) is 24.8 Å². The Morgan fingerprint density at radius 3 is 2.53 bits per heavy atom. The van der Waals surface area contributed by atoms with Gasteiger partial charge in [0.2, 0.25) is 5.91 Å². The highest BCUT2D eigenvalue weighted by Gasteiger charge is 2.37. The summed E-state index contributed by atoms with van der Waals surface area (Å²) in [4.78, 5) is 24.2. The van der Waals surface area contributed by atoms with Crippen LogP contribution in [0.5, 0.6) is 0 Å². The molecule has 8 nitrogen and oxygen atoms in total. The number of nitrogens with one attached hydrogen (secondary N) is 4. The molecule has 5 N–H and O–H groups in total. The zero-order valence-corrected chi connectivity index (χ0v) is 17.8. The Labute approximate surface area is 185 Å². The number of hydrogen-bond acceptors (Lipinski definition) is 6. The van der Waals surface area contributed by atoms with Crippen molar-refractivity contribution in [1.29, 1.82) is 0 Å². The van der Waals surface area contributed by atoms with Crippen molar-refractivity contribution >= 4 is 12.0 Å². The van der Waals surface area contributed by atoms with Crippen LogP contribution in [0.15, 0.2) is 18.2 Å². The maximum Gasteiger partial charge on any atom is 0.407 e. The summed E-state index contributed by atoms with van der Waals surface area (Å²) in [6.45, 7) is 0.532. The van der Waals surface area contributed by atoms with Gasteiger partial charge in [-0.05, 0) is 68.1 Å². The highest BCUT2D eigenvalue weighted by molar-refractivity contribution is 5.78. The van der Waals surface area contributed by atoms with Gasteiger partial charge in [-0.3, -0.25) is 10.2 Å². The van der Waals surface area contributed by atoms with Gasteiger partial charge in [-0.1, -0.05) is 0 Å². The van der Waals surface area contributed by atoms with Crippen LogP contribution in [0.1, 0.15) is 44.1 Å². The first-order valence-electron chi connectivity index (χ1n) is 11.2. The Bertz CT molecular complexity index is 816. The van der Waals surface area contributed by atoms with Crippen LogP contribution in [-0.4, -0.2) is 48.1 Å². The van der Waals surface area contributed by atoms with Crippen molar-refractivity contribution in [3.8, 4) is 0 Å².